The molecule has 0 radical (unpaired) electrons. The van der Waals surface area contributed by atoms with Crippen molar-refractivity contribution in [2.75, 3.05) is 64.0 Å². The highest BCUT2D eigenvalue weighted by atomic mass is 35.5. The zero-order valence-electron chi connectivity index (χ0n) is 18.9. The Balaban J connectivity index is 1.13. The Morgan fingerprint density at radius 1 is 1.03 bits per heavy atom. The van der Waals surface area contributed by atoms with Crippen LogP contribution in [0.4, 0.5) is 10.5 Å². The molecule has 0 bridgehead atoms. The molecule has 180 valence electrons. The van der Waals surface area contributed by atoms with Gasteiger partial charge < -0.3 is 28.9 Å². The van der Waals surface area contributed by atoms with Crippen LogP contribution in [0, 0.1) is 5.92 Å². The van der Waals surface area contributed by atoms with E-state index in [1.807, 2.05) is 28.0 Å². The summed E-state index contributed by atoms with van der Waals surface area (Å²) in [5.74, 6) is 1.09. The van der Waals surface area contributed by atoms with E-state index < -0.39 is 0 Å². The minimum atomic E-state index is 0.0721. The summed E-state index contributed by atoms with van der Waals surface area (Å²) < 4.78 is 17.4. The number of halogens is 1. The Kier molecular flexibility index (Phi) is 6.94. The fraction of sp³-hybridized carbons (Fsp3) is 0.667. The van der Waals surface area contributed by atoms with Crippen molar-refractivity contribution < 1.29 is 23.8 Å². The van der Waals surface area contributed by atoms with E-state index in [1.54, 1.807) is 0 Å². The first-order chi connectivity index (χ1) is 16.1. The van der Waals surface area contributed by atoms with Crippen LogP contribution in [0.3, 0.4) is 0 Å². The number of carbonyl (C=O) groups is 2. The molecule has 1 aromatic rings. The SMILES string of the molecule is O=C1CO[C@H]2CCN(C(=O)N3CCC(Oc4ccc(Cl)c(N5CCOCC5)c4)CC3)C[C@H]2C1. The van der Waals surface area contributed by atoms with Crippen molar-refractivity contribution in [2.24, 2.45) is 5.92 Å². The standard InChI is InChI=1S/C24H32ClN3O5/c25-21-2-1-20(14-22(21)26-9-11-31-12-10-26)33-19-3-6-27(7-4-19)24(30)28-8-5-23-17(15-28)13-18(29)16-32-23/h1-2,14,17,19,23H,3-13,15-16H2/t17-,23+/m1/s1. The van der Waals surface area contributed by atoms with Crippen LogP contribution in [0.25, 0.3) is 0 Å². The first-order valence-electron chi connectivity index (χ1n) is 12.0. The normalized spacial score (nSPS) is 26.8. The Morgan fingerprint density at radius 3 is 2.58 bits per heavy atom. The molecule has 5 rings (SSSR count). The van der Waals surface area contributed by atoms with Gasteiger partial charge in [-0.15, -0.1) is 0 Å². The van der Waals surface area contributed by atoms with Crippen LogP contribution in [0.5, 0.6) is 5.75 Å². The first kappa shape index (κ1) is 22.7. The summed E-state index contributed by atoms with van der Waals surface area (Å²) >= 11 is 6.44. The van der Waals surface area contributed by atoms with Crippen molar-refractivity contribution in [1.82, 2.24) is 9.80 Å². The minimum Gasteiger partial charge on any atom is -0.490 e. The maximum Gasteiger partial charge on any atom is 0.320 e. The third-order valence-corrected chi connectivity index (χ3v) is 7.49. The van der Waals surface area contributed by atoms with Crippen LogP contribution >= 0.6 is 11.6 Å². The summed E-state index contributed by atoms with van der Waals surface area (Å²) in [6.07, 6.45) is 3.12. The molecule has 0 N–H and O–H groups in total. The van der Waals surface area contributed by atoms with Gasteiger partial charge in [0.15, 0.2) is 5.78 Å². The third-order valence-electron chi connectivity index (χ3n) is 7.17. The van der Waals surface area contributed by atoms with E-state index in [-0.39, 0.29) is 36.5 Å². The number of piperidine rings is 2. The molecule has 0 spiro atoms. The molecule has 4 aliphatic heterocycles. The summed E-state index contributed by atoms with van der Waals surface area (Å²) in [5.41, 5.74) is 0.985. The van der Waals surface area contributed by atoms with Gasteiger partial charge in [-0.3, -0.25) is 4.79 Å². The van der Waals surface area contributed by atoms with Gasteiger partial charge in [0.1, 0.15) is 18.5 Å². The Bertz CT molecular complexity index is 870. The smallest absolute Gasteiger partial charge is 0.320 e. The fourth-order valence-electron chi connectivity index (χ4n) is 5.32. The highest BCUT2D eigenvalue weighted by Crippen LogP contribution is 2.32. The van der Waals surface area contributed by atoms with E-state index in [2.05, 4.69) is 4.90 Å². The number of morpholine rings is 1. The molecule has 0 saturated carbocycles. The van der Waals surface area contributed by atoms with E-state index in [0.29, 0.717) is 45.8 Å². The van der Waals surface area contributed by atoms with Gasteiger partial charge in [-0.05, 0) is 18.6 Å². The van der Waals surface area contributed by atoms with Gasteiger partial charge in [0.05, 0.1) is 30.0 Å². The van der Waals surface area contributed by atoms with Crippen molar-refractivity contribution in [1.29, 1.82) is 0 Å². The largest absolute Gasteiger partial charge is 0.490 e. The van der Waals surface area contributed by atoms with Crippen LogP contribution in [-0.2, 0) is 14.3 Å². The monoisotopic (exact) mass is 477 g/mol. The zero-order chi connectivity index (χ0) is 22.8. The number of carbonyl (C=O) groups excluding carboxylic acids is 2. The minimum absolute atomic E-state index is 0.0721. The average Bonchev–Trinajstić information content (AvgIpc) is 2.85. The average molecular weight is 478 g/mol. The predicted molar refractivity (Wildman–Crippen MR) is 124 cm³/mol. The molecule has 4 aliphatic rings. The summed E-state index contributed by atoms with van der Waals surface area (Å²) in [4.78, 5) is 30.9. The van der Waals surface area contributed by atoms with Gasteiger partial charge in [-0.25, -0.2) is 4.79 Å². The molecule has 0 unspecified atom stereocenters. The fourth-order valence-corrected chi connectivity index (χ4v) is 5.56. The van der Waals surface area contributed by atoms with Crippen LogP contribution in [0.2, 0.25) is 5.02 Å². The molecule has 9 heteroatoms. The number of amides is 2. The van der Waals surface area contributed by atoms with Gasteiger partial charge in [0.2, 0.25) is 0 Å². The van der Waals surface area contributed by atoms with E-state index in [4.69, 9.17) is 25.8 Å². The molecular weight excluding hydrogens is 446 g/mol. The molecule has 4 fully saturated rings. The lowest BCUT2D eigenvalue weighted by molar-refractivity contribution is -0.140. The Hall–Kier alpha value is -2.03. The van der Waals surface area contributed by atoms with Crippen LogP contribution in [0.15, 0.2) is 18.2 Å². The zero-order valence-corrected chi connectivity index (χ0v) is 19.7. The number of anilines is 1. The Morgan fingerprint density at radius 2 is 1.79 bits per heavy atom. The second kappa shape index (κ2) is 10.1. The molecule has 2 amide bonds. The molecule has 4 heterocycles. The second-order valence-corrected chi connectivity index (χ2v) is 9.79. The van der Waals surface area contributed by atoms with Crippen molar-refractivity contribution in [3.8, 4) is 5.75 Å². The first-order valence-corrected chi connectivity index (χ1v) is 12.4. The number of likely N-dealkylation sites (tertiary alicyclic amines) is 2. The summed E-state index contributed by atoms with van der Waals surface area (Å²) in [6, 6.07) is 5.90. The summed E-state index contributed by atoms with van der Waals surface area (Å²) in [5, 5.41) is 0.721. The number of urea groups is 1. The van der Waals surface area contributed by atoms with Crippen molar-refractivity contribution >= 4 is 29.1 Å². The summed E-state index contributed by atoms with van der Waals surface area (Å²) in [7, 11) is 0. The molecule has 0 aromatic heterocycles. The van der Waals surface area contributed by atoms with Gasteiger partial charge in [-0.2, -0.15) is 0 Å². The topological polar surface area (TPSA) is 71.5 Å². The molecule has 33 heavy (non-hydrogen) atoms. The maximum atomic E-state index is 13.1. The molecule has 8 nitrogen and oxygen atoms in total. The van der Waals surface area contributed by atoms with E-state index >= 15 is 0 Å². The van der Waals surface area contributed by atoms with Gasteiger partial charge in [0, 0.05) is 70.5 Å². The number of ketones is 1. The quantitative estimate of drug-likeness (QED) is 0.666. The lowest BCUT2D eigenvalue weighted by Gasteiger charge is -2.43. The molecule has 1 aromatic carbocycles. The predicted octanol–water partition coefficient (Wildman–Crippen LogP) is 2.82. The number of hydrogen-bond acceptors (Lipinski definition) is 6. The molecule has 4 saturated heterocycles. The number of benzene rings is 1. The van der Waals surface area contributed by atoms with E-state index in [0.717, 1.165) is 48.8 Å². The van der Waals surface area contributed by atoms with Crippen LogP contribution in [-0.4, -0.2) is 92.9 Å². The van der Waals surface area contributed by atoms with Crippen molar-refractivity contribution in [2.45, 2.75) is 37.9 Å². The number of ether oxygens (including phenoxy) is 3. The summed E-state index contributed by atoms with van der Waals surface area (Å²) in [6.45, 7) is 5.93. The molecule has 0 aliphatic carbocycles. The van der Waals surface area contributed by atoms with Gasteiger partial charge in [0.25, 0.3) is 0 Å². The van der Waals surface area contributed by atoms with Gasteiger partial charge >= 0.3 is 6.03 Å². The number of Topliss-reactive ketones (excluding diaryl/α,β-unsaturated/α-hetero) is 1. The maximum absolute atomic E-state index is 13.1. The second-order valence-electron chi connectivity index (χ2n) is 9.39. The number of nitrogens with zero attached hydrogens (tertiary/aromatic N) is 3. The number of rotatable bonds is 3. The Labute approximate surface area is 199 Å². The third kappa shape index (κ3) is 5.23. The van der Waals surface area contributed by atoms with E-state index in [9.17, 15) is 9.59 Å². The van der Waals surface area contributed by atoms with Crippen LogP contribution in [0.1, 0.15) is 25.7 Å². The van der Waals surface area contributed by atoms with Crippen LogP contribution < -0.4 is 9.64 Å². The molecular formula is C24H32ClN3O5. The highest BCUT2D eigenvalue weighted by Gasteiger charge is 2.38. The number of hydrogen-bond donors (Lipinski definition) is 0. The van der Waals surface area contributed by atoms with Gasteiger partial charge in [-0.1, -0.05) is 11.6 Å². The van der Waals surface area contributed by atoms with Crippen molar-refractivity contribution in [3.05, 3.63) is 23.2 Å². The lowest BCUT2D eigenvalue weighted by Crippen LogP contribution is -2.55. The van der Waals surface area contributed by atoms with Crippen molar-refractivity contribution in [3.63, 3.8) is 0 Å². The van der Waals surface area contributed by atoms with E-state index in [1.165, 1.54) is 0 Å². The number of fused-ring (bicyclic) bond motifs is 1. The highest BCUT2D eigenvalue weighted by molar-refractivity contribution is 6.33. The lowest BCUT2D eigenvalue weighted by atomic mass is 9.88. The molecule has 2 atom stereocenters.